The molecule has 3 heterocycles. The van der Waals surface area contributed by atoms with E-state index in [4.69, 9.17) is 15.9 Å². The highest BCUT2D eigenvalue weighted by molar-refractivity contribution is 7.91. The van der Waals surface area contributed by atoms with E-state index in [0.717, 1.165) is 32.1 Å². The Bertz CT molecular complexity index is 1450. The lowest BCUT2D eigenvalue weighted by molar-refractivity contribution is 0.0136. The second-order valence-corrected chi connectivity index (χ2v) is 15.8. The summed E-state index contributed by atoms with van der Waals surface area (Å²) < 4.78 is 32.3. The molecule has 4 fully saturated rings. The van der Waals surface area contributed by atoms with Gasteiger partial charge in [-0.25, -0.2) is 18.0 Å². The number of nitrogens with two attached hydrogens (primary N) is 1. The third-order valence-electron chi connectivity index (χ3n) is 10.2. The van der Waals surface area contributed by atoms with Crippen LogP contribution < -0.4 is 17.0 Å². The first-order valence-corrected chi connectivity index (χ1v) is 17.4. The van der Waals surface area contributed by atoms with Crippen molar-refractivity contribution in [2.75, 3.05) is 38.4 Å². The first kappa shape index (κ1) is 31.6. The van der Waals surface area contributed by atoms with Crippen LogP contribution in [-0.4, -0.2) is 88.3 Å². The second-order valence-electron chi connectivity index (χ2n) is 13.5. The summed E-state index contributed by atoms with van der Waals surface area (Å²) in [7, 11) is -1.30. The lowest BCUT2D eigenvalue weighted by Crippen LogP contribution is -2.56. The fraction of sp³-hybridized carbons (Fsp3) is 0.793. The molecular weight excluding hydrogens is 576 g/mol. The molecular formula is C29H46N6O7S. The van der Waals surface area contributed by atoms with E-state index in [1.165, 1.54) is 9.13 Å². The fourth-order valence-corrected chi connectivity index (χ4v) is 8.95. The molecule has 5 rings (SSSR count). The Morgan fingerprint density at radius 1 is 1.00 bits per heavy atom. The zero-order valence-electron chi connectivity index (χ0n) is 25.3. The summed E-state index contributed by atoms with van der Waals surface area (Å²) >= 11 is 0. The monoisotopic (exact) mass is 622 g/mol. The standard InChI is InChI=1S/C29H46N6O7S/c1-29(17-42-18-32(2)27(38)34(29)16-21-10-12-43(40,41)13-11-21)14-19-6-8-22(9-7-19)35-26(37)23(24(30)31)25(36)33(28(35)39)15-20-4-3-5-20/h19-22,36H,3-18H2,1-2H3,(H3,30,31)/t19?,22?,29-/m0/s1. The van der Waals surface area contributed by atoms with Crippen LogP contribution in [0.25, 0.3) is 0 Å². The highest BCUT2D eigenvalue weighted by Crippen LogP contribution is 2.39. The van der Waals surface area contributed by atoms with Gasteiger partial charge in [-0.1, -0.05) is 6.42 Å². The van der Waals surface area contributed by atoms with Gasteiger partial charge < -0.3 is 25.4 Å². The van der Waals surface area contributed by atoms with Crippen molar-refractivity contribution in [1.82, 2.24) is 18.9 Å². The molecule has 2 amide bonds. The second kappa shape index (κ2) is 12.3. The van der Waals surface area contributed by atoms with Gasteiger partial charge in [0.2, 0.25) is 5.88 Å². The van der Waals surface area contributed by atoms with Gasteiger partial charge in [0.15, 0.2) is 0 Å². The maximum Gasteiger partial charge on any atom is 0.334 e. The third kappa shape index (κ3) is 6.50. The SMILES string of the molecule is CN1COC[C@](C)(CC2CCC(n3c(=O)c(C(=N)N)c(O)n(CC4CCC4)c3=O)CC2)N(CC2CCS(=O)(=O)CC2)C1=O. The number of hydrogen-bond donors (Lipinski definition) is 3. The first-order valence-electron chi connectivity index (χ1n) is 15.5. The van der Waals surface area contributed by atoms with Gasteiger partial charge >= 0.3 is 11.7 Å². The highest BCUT2D eigenvalue weighted by Gasteiger charge is 2.43. The molecule has 4 N–H and O–H groups in total. The topological polar surface area (TPSA) is 181 Å². The van der Waals surface area contributed by atoms with E-state index >= 15 is 0 Å². The van der Waals surface area contributed by atoms with Crippen molar-refractivity contribution >= 4 is 21.7 Å². The number of nitrogens with one attached hydrogen (secondary N) is 1. The van der Waals surface area contributed by atoms with Crippen LogP contribution in [0.3, 0.4) is 0 Å². The molecule has 2 aliphatic carbocycles. The minimum absolute atomic E-state index is 0.105. The molecule has 0 bridgehead atoms. The Balaban J connectivity index is 1.33. The number of hydrogen-bond acceptors (Lipinski definition) is 8. The van der Waals surface area contributed by atoms with Crippen LogP contribution in [0.5, 0.6) is 5.88 Å². The van der Waals surface area contributed by atoms with Gasteiger partial charge in [0.05, 0.1) is 23.7 Å². The van der Waals surface area contributed by atoms with E-state index in [0.29, 0.717) is 51.8 Å². The van der Waals surface area contributed by atoms with Crippen LogP contribution in [-0.2, 0) is 21.1 Å². The number of amidine groups is 1. The predicted octanol–water partition coefficient (Wildman–Crippen LogP) is 1.85. The van der Waals surface area contributed by atoms with E-state index in [1.807, 2.05) is 11.8 Å². The number of ether oxygens (including phenoxy) is 1. The smallest absolute Gasteiger partial charge is 0.334 e. The highest BCUT2D eigenvalue weighted by atomic mass is 32.2. The number of carbonyl (C=O) groups excluding carboxylic acids is 1. The van der Waals surface area contributed by atoms with E-state index in [2.05, 4.69) is 0 Å². The van der Waals surface area contributed by atoms with Gasteiger partial charge in [0.1, 0.15) is 28.0 Å². The average Bonchev–Trinajstić information content (AvgIpc) is 3.01. The van der Waals surface area contributed by atoms with Crippen molar-refractivity contribution < 1.29 is 23.1 Å². The molecule has 0 aromatic carbocycles. The molecule has 240 valence electrons. The van der Waals surface area contributed by atoms with E-state index in [-0.39, 0.29) is 53.6 Å². The summed E-state index contributed by atoms with van der Waals surface area (Å²) in [5, 5.41) is 18.7. The molecule has 1 aromatic rings. The van der Waals surface area contributed by atoms with Gasteiger partial charge in [-0.2, -0.15) is 0 Å². The minimum atomic E-state index is -3.01. The number of sulfone groups is 1. The molecule has 0 unspecified atom stereocenters. The van der Waals surface area contributed by atoms with E-state index < -0.39 is 38.3 Å². The summed E-state index contributed by atoms with van der Waals surface area (Å²) in [5.41, 5.74) is 3.50. The Morgan fingerprint density at radius 3 is 2.21 bits per heavy atom. The Kier molecular flexibility index (Phi) is 8.99. The summed E-state index contributed by atoms with van der Waals surface area (Å²) in [4.78, 5) is 43.8. The van der Waals surface area contributed by atoms with Crippen LogP contribution in [0.15, 0.2) is 9.59 Å². The van der Waals surface area contributed by atoms with Gasteiger partial charge in [-0.15, -0.1) is 0 Å². The van der Waals surface area contributed by atoms with Gasteiger partial charge in [0, 0.05) is 26.2 Å². The Morgan fingerprint density at radius 2 is 1.63 bits per heavy atom. The molecule has 13 nitrogen and oxygen atoms in total. The lowest BCUT2D eigenvalue weighted by atomic mass is 9.77. The summed E-state index contributed by atoms with van der Waals surface area (Å²) in [5.74, 6) is -0.213. The normalized spacial score (nSPS) is 28.8. The largest absolute Gasteiger partial charge is 0.494 e. The van der Waals surface area contributed by atoms with Crippen LogP contribution in [0.1, 0.15) is 82.7 Å². The van der Waals surface area contributed by atoms with Crippen molar-refractivity contribution in [3.05, 3.63) is 26.4 Å². The first-order chi connectivity index (χ1) is 20.3. The Labute approximate surface area is 252 Å². The van der Waals surface area contributed by atoms with Crippen molar-refractivity contribution in [3.8, 4) is 5.88 Å². The fourth-order valence-electron chi connectivity index (χ4n) is 7.36. The number of carbonyl (C=O) groups is 1. The summed E-state index contributed by atoms with van der Waals surface area (Å²) in [6, 6.07) is -0.504. The third-order valence-corrected chi connectivity index (χ3v) is 11.9. The van der Waals surface area contributed by atoms with Crippen LogP contribution in [0.2, 0.25) is 0 Å². The molecule has 43 heavy (non-hydrogen) atoms. The average molecular weight is 623 g/mol. The van der Waals surface area contributed by atoms with Crippen LogP contribution in [0, 0.1) is 23.2 Å². The minimum Gasteiger partial charge on any atom is -0.494 e. The Hall–Kier alpha value is -2.87. The quantitative estimate of drug-likeness (QED) is 0.290. The van der Waals surface area contributed by atoms with Crippen molar-refractivity contribution in [2.24, 2.45) is 23.5 Å². The number of aromatic nitrogens is 2. The van der Waals surface area contributed by atoms with E-state index in [9.17, 15) is 27.9 Å². The van der Waals surface area contributed by atoms with Crippen molar-refractivity contribution in [2.45, 2.75) is 89.3 Å². The maximum absolute atomic E-state index is 13.5. The predicted molar refractivity (Wildman–Crippen MR) is 161 cm³/mol. The van der Waals surface area contributed by atoms with Crippen LogP contribution >= 0.6 is 0 Å². The number of nitrogen functional groups attached to an aromatic ring is 1. The molecule has 4 aliphatic rings. The zero-order valence-corrected chi connectivity index (χ0v) is 26.1. The summed E-state index contributed by atoms with van der Waals surface area (Å²) in [6.07, 6.45) is 7.31. The molecule has 2 saturated carbocycles. The molecule has 2 saturated heterocycles. The summed E-state index contributed by atoms with van der Waals surface area (Å²) in [6.45, 7) is 3.36. The maximum atomic E-state index is 13.5. The van der Waals surface area contributed by atoms with Gasteiger partial charge in [0.25, 0.3) is 5.56 Å². The molecule has 0 radical (unpaired) electrons. The van der Waals surface area contributed by atoms with Gasteiger partial charge in [-0.05, 0) is 82.5 Å². The molecule has 14 heteroatoms. The zero-order chi connectivity index (χ0) is 31.1. The molecule has 2 aliphatic heterocycles. The van der Waals surface area contributed by atoms with Crippen molar-refractivity contribution in [1.29, 1.82) is 5.41 Å². The molecule has 1 atom stereocenters. The number of aromatic hydroxyl groups is 1. The van der Waals surface area contributed by atoms with E-state index in [1.54, 1.807) is 11.9 Å². The number of rotatable bonds is 8. The number of urea groups is 1. The molecule has 0 spiro atoms. The lowest BCUT2D eigenvalue weighted by Gasteiger charge is -2.44. The van der Waals surface area contributed by atoms with Gasteiger partial charge in [-0.3, -0.25) is 19.3 Å². The molecule has 1 aromatic heterocycles. The van der Waals surface area contributed by atoms with Crippen LogP contribution in [0.4, 0.5) is 4.79 Å². The number of amides is 2. The van der Waals surface area contributed by atoms with Crippen molar-refractivity contribution in [3.63, 3.8) is 0 Å². The number of nitrogens with zero attached hydrogens (tertiary/aromatic N) is 4.